The van der Waals surface area contributed by atoms with Crippen LogP contribution in [0.15, 0.2) is 48.5 Å². The smallest absolute Gasteiger partial charge is 0.146 e. The van der Waals surface area contributed by atoms with Crippen molar-refractivity contribution in [2.24, 2.45) is 0 Å². The summed E-state index contributed by atoms with van der Waals surface area (Å²) >= 11 is 6.11. The highest BCUT2D eigenvalue weighted by Crippen LogP contribution is 2.29. The lowest BCUT2D eigenvalue weighted by Crippen LogP contribution is -2.34. The number of ether oxygens (including phenoxy) is 1. The molecule has 2 aromatic carbocycles. The summed E-state index contributed by atoms with van der Waals surface area (Å²) < 4.78 is 5.81. The number of piperidine rings is 1. The molecule has 1 heterocycles. The van der Waals surface area contributed by atoms with E-state index in [0.29, 0.717) is 16.8 Å². The minimum atomic E-state index is 0.634. The van der Waals surface area contributed by atoms with Crippen LogP contribution >= 0.6 is 11.6 Å². The lowest BCUT2D eigenvalue weighted by Gasteiger charge is -2.23. The molecule has 3 rings (SSSR count). The molecule has 0 spiro atoms. The van der Waals surface area contributed by atoms with E-state index < -0.39 is 0 Å². The van der Waals surface area contributed by atoms with Crippen molar-refractivity contribution in [3.05, 3.63) is 59.1 Å². The van der Waals surface area contributed by atoms with E-state index in [2.05, 4.69) is 17.4 Å². The maximum atomic E-state index is 6.11. The van der Waals surface area contributed by atoms with Gasteiger partial charge < -0.3 is 10.1 Å². The minimum absolute atomic E-state index is 0.634. The van der Waals surface area contributed by atoms with Crippen molar-refractivity contribution >= 4 is 11.6 Å². The molecule has 0 aliphatic carbocycles. The maximum absolute atomic E-state index is 6.11. The zero-order valence-electron chi connectivity index (χ0n) is 12.7. The van der Waals surface area contributed by atoms with E-state index in [9.17, 15) is 0 Å². The SMILES string of the molecule is Clc1ccccc1Oc1ccc(CCC2CCCCN2)cc1. The predicted octanol–water partition coefficient (Wildman–Crippen LogP) is 5.21. The zero-order chi connectivity index (χ0) is 15.2. The van der Waals surface area contributed by atoms with E-state index in [0.717, 1.165) is 12.2 Å². The van der Waals surface area contributed by atoms with E-state index in [-0.39, 0.29) is 0 Å². The fourth-order valence-corrected chi connectivity index (χ4v) is 3.06. The van der Waals surface area contributed by atoms with Gasteiger partial charge in [-0.05, 0) is 62.1 Å². The average molecular weight is 316 g/mol. The first-order valence-electron chi connectivity index (χ1n) is 8.06. The third kappa shape index (κ3) is 4.25. The van der Waals surface area contributed by atoms with E-state index in [4.69, 9.17) is 16.3 Å². The molecule has 2 nitrogen and oxygen atoms in total. The van der Waals surface area contributed by atoms with Crippen LogP contribution in [0.4, 0.5) is 0 Å². The Balaban J connectivity index is 1.55. The number of halogens is 1. The largest absolute Gasteiger partial charge is 0.456 e. The lowest BCUT2D eigenvalue weighted by atomic mass is 9.98. The van der Waals surface area contributed by atoms with Gasteiger partial charge in [0.2, 0.25) is 0 Å². The number of rotatable bonds is 5. The van der Waals surface area contributed by atoms with E-state index in [1.165, 1.54) is 37.8 Å². The molecule has 1 atom stereocenters. The van der Waals surface area contributed by atoms with Crippen LogP contribution in [0.3, 0.4) is 0 Å². The summed E-state index contributed by atoms with van der Waals surface area (Å²) in [6, 6.07) is 16.6. The average Bonchev–Trinajstić information content (AvgIpc) is 2.57. The Kier molecular flexibility index (Phi) is 5.36. The third-order valence-corrected chi connectivity index (χ3v) is 4.49. The van der Waals surface area contributed by atoms with Gasteiger partial charge in [0, 0.05) is 6.04 Å². The maximum Gasteiger partial charge on any atom is 0.146 e. The summed E-state index contributed by atoms with van der Waals surface area (Å²) in [7, 11) is 0. The van der Waals surface area contributed by atoms with Crippen LogP contribution in [0, 0.1) is 0 Å². The number of hydrogen-bond donors (Lipinski definition) is 1. The molecular weight excluding hydrogens is 294 g/mol. The molecule has 0 radical (unpaired) electrons. The molecular formula is C19H22ClNO. The van der Waals surface area contributed by atoms with Crippen molar-refractivity contribution in [2.45, 2.75) is 38.1 Å². The van der Waals surface area contributed by atoms with Gasteiger partial charge in [-0.1, -0.05) is 42.3 Å². The minimum Gasteiger partial charge on any atom is -0.456 e. The standard InChI is InChI=1S/C19H22ClNO/c20-18-6-1-2-7-19(18)22-17-12-9-15(10-13-17)8-11-16-5-3-4-14-21-16/h1-2,6-7,9-10,12-13,16,21H,3-5,8,11,14H2. The van der Waals surface area contributed by atoms with Gasteiger partial charge >= 0.3 is 0 Å². The molecule has 0 aromatic heterocycles. The van der Waals surface area contributed by atoms with Crippen molar-refractivity contribution in [2.75, 3.05) is 6.54 Å². The van der Waals surface area contributed by atoms with Gasteiger partial charge in [-0.3, -0.25) is 0 Å². The molecule has 1 aliphatic heterocycles. The van der Waals surface area contributed by atoms with Crippen molar-refractivity contribution in [3.8, 4) is 11.5 Å². The van der Waals surface area contributed by atoms with Gasteiger partial charge in [0.1, 0.15) is 11.5 Å². The van der Waals surface area contributed by atoms with Gasteiger partial charge in [-0.2, -0.15) is 0 Å². The third-order valence-electron chi connectivity index (χ3n) is 4.18. The Morgan fingerprint density at radius 3 is 2.59 bits per heavy atom. The molecule has 3 heteroatoms. The lowest BCUT2D eigenvalue weighted by molar-refractivity contribution is 0.383. The Labute approximate surface area is 137 Å². The summed E-state index contributed by atoms with van der Waals surface area (Å²) in [4.78, 5) is 0. The normalized spacial score (nSPS) is 18.1. The van der Waals surface area contributed by atoms with E-state index in [1.807, 2.05) is 36.4 Å². The highest BCUT2D eigenvalue weighted by atomic mass is 35.5. The zero-order valence-corrected chi connectivity index (χ0v) is 13.5. The first-order valence-corrected chi connectivity index (χ1v) is 8.44. The summed E-state index contributed by atoms with van der Waals surface area (Å²) in [6.07, 6.45) is 6.33. The second kappa shape index (κ2) is 7.66. The molecule has 1 saturated heterocycles. The number of para-hydroxylation sites is 1. The number of hydrogen-bond acceptors (Lipinski definition) is 2. The van der Waals surface area contributed by atoms with Crippen molar-refractivity contribution in [3.63, 3.8) is 0 Å². The second-order valence-electron chi connectivity index (χ2n) is 5.86. The molecule has 1 fully saturated rings. The molecule has 0 bridgehead atoms. The predicted molar refractivity (Wildman–Crippen MR) is 91.9 cm³/mol. The Hall–Kier alpha value is -1.51. The van der Waals surface area contributed by atoms with Gasteiger partial charge in [-0.15, -0.1) is 0 Å². The Morgan fingerprint density at radius 2 is 1.86 bits per heavy atom. The quantitative estimate of drug-likeness (QED) is 0.818. The molecule has 0 saturated carbocycles. The van der Waals surface area contributed by atoms with Gasteiger partial charge in [-0.25, -0.2) is 0 Å². The summed E-state index contributed by atoms with van der Waals surface area (Å²) in [6.45, 7) is 1.18. The Bertz CT molecular complexity index is 591. The first kappa shape index (κ1) is 15.4. The Morgan fingerprint density at radius 1 is 1.05 bits per heavy atom. The number of aryl methyl sites for hydroxylation is 1. The molecule has 2 aromatic rings. The molecule has 0 amide bonds. The highest BCUT2D eigenvalue weighted by Gasteiger charge is 2.12. The van der Waals surface area contributed by atoms with Crippen LogP contribution in [0.5, 0.6) is 11.5 Å². The van der Waals surface area contributed by atoms with Crippen molar-refractivity contribution < 1.29 is 4.74 Å². The first-order chi connectivity index (χ1) is 10.8. The molecule has 1 unspecified atom stereocenters. The second-order valence-corrected chi connectivity index (χ2v) is 6.27. The van der Waals surface area contributed by atoms with Crippen LogP contribution < -0.4 is 10.1 Å². The van der Waals surface area contributed by atoms with Crippen LogP contribution in [0.2, 0.25) is 5.02 Å². The fraction of sp³-hybridized carbons (Fsp3) is 0.368. The molecule has 22 heavy (non-hydrogen) atoms. The topological polar surface area (TPSA) is 21.3 Å². The summed E-state index contributed by atoms with van der Waals surface area (Å²) in [5.74, 6) is 1.52. The molecule has 116 valence electrons. The van der Waals surface area contributed by atoms with Crippen LogP contribution in [0.25, 0.3) is 0 Å². The highest BCUT2D eigenvalue weighted by molar-refractivity contribution is 6.32. The van der Waals surface area contributed by atoms with Crippen molar-refractivity contribution in [1.82, 2.24) is 5.32 Å². The van der Waals surface area contributed by atoms with Crippen LogP contribution in [-0.4, -0.2) is 12.6 Å². The fourth-order valence-electron chi connectivity index (χ4n) is 2.89. The molecule has 1 N–H and O–H groups in total. The summed E-state index contributed by atoms with van der Waals surface area (Å²) in [5, 5.41) is 4.23. The van der Waals surface area contributed by atoms with Crippen LogP contribution in [0.1, 0.15) is 31.2 Å². The number of nitrogens with one attached hydrogen (secondary N) is 1. The van der Waals surface area contributed by atoms with Gasteiger partial charge in [0.25, 0.3) is 0 Å². The monoisotopic (exact) mass is 315 g/mol. The van der Waals surface area contributed by atoms with Gasteiger partial charge in [0.15, 0.2) is 0 Å². The van der Waals surface area contributed by atoms with E-state index in [1.54, 1.807) is 0 Å². The van der Waals surface area contributed by atoms with Crippen molar-refractivity contribution in [1.29, 1.82) is 0 Å². The number of benzene rings is 2. The van der Waals surface area contributed by atoms with E-state index >= 15 is 0 Å². The van der Waals surface area contributed by atoms with Gasteiger partial charge in [0.05, 0.1) is 5.02 Å². The molecule has 1 aliphatic rings. The van der Waals surface area contributed by atoms with Crippen LogP contribution in [-0.2, 0) is 6.42 Å². The summed E-state index contributed by atoms with van der Waals surface area (Å²) in [5.41, 5.74) is 1.36.